The van der Waals surface area contributed by atoms with Gasteiger partial charge in [-0.05, 0) is 23.8 Å². The quantitative estimate of drug-likeness (QED) is 0.908. The lowest BCUT2D eigenvalue weighted by Crippen LogP contribution is -2.43. The third kappa shape index (κ3) is 4.71. The molecule has 2 amide bonds. The first-order valence-corrected chi connectivity index (χ1v) is 8.30. The summed E-state index contributed by atoms with van der Waals surface area (Å²) >= 11 is 0. The van der Waals surface area contributed by atoms with Crippen molar-refractivity contribution in [3.63, 3.8) is 0 Å². The van der Waals surface area contributed by atoms with Gasteiger partial charge >= 0.3 is 6.09 Å². The van der Waals surface area contributed by atoms with Gasteiger partial charge in [-0.3, -0.25) is 4.79 Å². The molecule has 2 atom stereocenters. The van der Waals surface area contributed by atoms with E-state index < -0.39 is 6.09 Å². The Kier molecular flexibility index (Phi) is 6.44. The number of carbonyl (C=O) groups excluding carboxylic acids is 2. The van der Waals surface area contributed by atoms with Crippen LogP contribution in [0.1, 0.15) is 37.7 Å². The van der Waals surface area contributed by atoms with Crippen LogP contribution in [0.15, 0.2) is 30.3 Å². The lowest BCUT2D eigenvalue weighted by molar-refractivity contribution is -0.133. The number of ether oxygens (including phenoxy) is 1. The summed E-state index contributed by atoms with van der Waals surface area (Å²) in [4.78, 5) is 25.3. The third-order valence-corrected chi connectivity index (χ3v) is 4.63. The molecule has 1 heterocycles. The van der Waals surface area contributed by atoms with Crippen LogP contribution in [0.3, 0.4) is 0 Å². The number of amides is 2. The maximum Gasteiger partial charge on any atom is 0.406 e. The number of hydrogen-bond acceptors (Lipinski definition) is 3. The molecular formula is C18H26N2O3. The zero-order chi connectivity index (χ0) is 16.7. The molecule has 23 heavy (non-hydrogen) atoms. The van der Waals surface area contributed by atoms with E-state index in [0.29, 0.717) is 24.8 Å². The molecule has 1 aromatic carbocycles. The SMILES string of the molecule is CCC1CN(C(=O)CCNC(=O)OC)CCC1c1ccccc1. The Labute approximate surface area is 138 Å². The van der Waals surface area contributed by atoms with Gasteiger partial charge in [0.15, 0.2) is 0 Å². The second-order valence-corrected chi connectivity index (χ2v) is 5.98. The maximum absolute atomic E-state index is 12.3. The average molecular weight is 318 g/mol. The second kappa shape index (κ2) is 8.56. The Morgan fingerprint density at radius 1 is 1.30 bits per heavy atom. The summed E-state index contributed by atoms with van der Waals surface area (Å²) < 4.78 is 4.50. The number of alkyl carbamates (subject to hydrolysis) is 1. The molecule has 1 N–H and O–H groups in total. The van der Waals surface area contributed by atoms with Crippen LogP contribution in [-0.2, 0) is 9.53 Å². The minimum absolute atomic E-state index is 0.103. The van der Waals surface area contributed by atoms with Crippen LogP contribution in [0.5, 0.6) is 0 Å². The van der Waals surface area contributed by atoms with Crippen molar-refractivity contribution < 1.29 is 14.3 Å². The molecule has 0 spiro atoms. The number of hydrogen-bond donors (Lipinski definition) is 1. The van der Waals surface area contributed by atoms with E-state index in [1.54, 1.807) is 0 Å². The lowest BCUT2D eigenvalue weighted by atomic mass is 9.79. The summed E-state index contributed by atoms with van der Waals surface area (Å²) in [6, 6.07) is 10.6. The maximum atomic E-state index is 12.3. The van der Waals surface area contributed by atoms with Gasteiger partial charge in [0.25, 0.3) is 0 Å². The van der Waals surface area contributed by atoms with Gasteiger partial charge in [-0.1, -0.05) is 43.7 Å². The van der Waals surface area contributed by atoms with Crippen molar-refractivity contribution >= 4 is 12.0 Å². The van der Waals surface area contributed by atoms with E-state index >= 15 is 0 Å². The number of carbonyl (C=O) groups is 2. The van der Waals surface area contributed by atoms with E-state index in [2.05, 4.69) is 41.2 Å². The summed E-state index contributed by atoms with van der Waals surface area (Å²) in [6.07, 6.45) is 1.89. The number of rotatable bonds is 5. The van der Waals surface area contributed by atoms with E-state index in [1.165, 1.54) is 12.7 Å². The Bertz CT molecular complexity index is 518. The highest BCUT2D eigenvalue weighted by atomic mass is 16.5. The third-order valence-electron chi connectivity index (χ3n) is 4.63. The summed E-state index contributed by atoms with van der Waals surface area (Å²) in [6.45, 7) is 4.09. The molecule has 1 saturated heterocycles. The number of nitrogens with one attached hydrogen (secondary N) is 1. The monoisotopic (exact) mass is 318 g/mol. The smallest absolute Gasteiger partial charge is 0.406 e. The molecule has 1 aromatic rings. The topological polar surface area (TPSA) is 58.6 Å². The normalized spacial score (nSPS) is 20.9. The van der Waals surface area contributed by atoms with Crippen molar-refractivity contribution in [2.24, 2.45) is 5.92 Å². The fraction of sp³-hybridized carbons (Fsp3) is 0.556. The van der Waals surface area contributed by atoms with Crippen molar-refractivity contribution in [3.05, 3.63) is 35.9 Å². The largest absolute Gasteiger partial charge is 0.453 e. The van der Waals surface area contributed by atoms with Crippen LogP contribution in [0.25, 0.3) is 0 Å². The highest BCUT2D eigenvalue weighted by molar-refractivity contribution is 5.77. The van der Waals surface area contributed by atoms with Crippen LogP contribution in [0.2, 0.25) is 0 Å². The van der Waals surface area contributed by atoms with Gasteiger partial charge in [0.1, 0.15) is 0 Å². The molecule has 126 valence electrons. The van der Waals surface area contributed by atoms with Gasteiger partial charge in [0.05, 0.1) is 7.11 Å². The summed E-state index contributed by atoms with van der Waals surface area (Å²) in [7, 11) is 1.32. The summed E-state index contributed by atoms with van der Waals surface area (Å²) in [5, 5.41) is 2.55. The van der Waals surface area contributed by atoms with E-state index in [4.69, 9.17) is 0 Å². The van der Waals surface area contributed by atoms with Crippen molar-refractivity contribution in [2.75, 3.05) is 26.7 Å². The summed E-state index contributed by atoms with van der Waals surface area (Å²) in [5.74, 6) is 1.12. The van der Waals surface area contributed by atoms with Crippen LogP contribution < -0.4 is 5.32 Å². The number of benzene rings is 1. The predicted octanol–water partition coefficient (Wildman–Crippen LogP) is 2.77. The lowest BCUT2D eigenvalue weighted by Gasteiger charge is -2.38. The van der Waals surface area contributed by atoms with E-state index in [0.717, 1.165) is 25.9 Å². The molecule has 0 bridgehead atoms. The standard InChI is InChI=1S/C18H26N2O3/c1-3-14-13-20(17(21)9-11-19-18(22)23-2)12-10-16(14)15-7-5-4-6-8-15/h4-8,14,16H,3,9-13H2,1-2H3,(H,19,22). The van der Waals surface area contributed by atoms with Gasteiger partial charge in [0.2, 0.25) is 5.91 Å². The molecule has 0 aliphatic carbocycles. The minimum Gasteiger partial charge on any atom is -0.453 e. The number of piperidine rings is 1. The summed E-state index contributed by atoms with van der Waals surface area (Å²) in [5.41, 5.74) is 1.37. The van der Waals surface area contributed by atoms with Crippen molar-refractivity contribution in [1.82, 2.24) is 10.2 Å². The first-order chi connectivity index (χ1) is 11.2. The zero-order valence-corrected chi connectivity index (χ0v) is 14.0. The second-order valence-electron chi connectivity index (χ2n) is 5.98. The molecule has 0 saturated carbocycles. The highest BCUT2D eigenvalue weighted by Gasteiger charge is 2.30. The van der Waals surface area contributed by atoms with Gasteiger partial charge in [-0.2, -0.15) is 0 Å². The molecule has 1 aliphatic rings. The molecule has 0 aromatic heterocycles. The molecule has 2 unspecified atom stereocenters. The van der Waals surface area contributed by atoms with Crippen LogP contribution in [0, 0.1) is 5.92 Å². The van der Waals surface area contributed by atoms with Crippen LogP contribution >= 0.6 is 0 Å². The molecule has 5 nitrogen and oxygen atoms in total. The van der Waals surface area contributed by atoms with E-state index in [-0.39, 0.29) is 5.91 Å². The Morgan fingerprint density at radius 3 is 2.70 bits per heavy atom. The fourth-order valence-corrected chi connectivity index (χ4v) is 3.31. The van der Waals surface area contributed by atoms with Crippen LogP contribution in [-0.4, -0.2) is 43.6 Å². The predicted molar refractivity (Wildman–Crippen MR) is 89.2 cm³/mol. The zero-order valence-electron chi connectivity index (χ0n) is 14.0. The first kappa shape index (κ1) is 17.3. The number of methoxy groups -OCH3 is 1. The average Bonchev–Trinajstić information content (AvgIpc) is 2.61. The fourth-order valence-electron chi connectivity index (χ4n) is 3.31. The molecule has 1 aliphatic heterocycles. The molecular weight excluding hydrogens is 292 g/mol. The van der Waals surface area contributed by atoms with E-state index in [1.807, 2.05) is 11.0 Å². The number of likely N-dealkylation sites (tertiary alicyclic amines) is 1. The van der Waals surface area contributed by atoms with Crippen molar-refractivity contribution in [3.8, 4) is 0 Å². The van der Waals surface area contributed by atoms with Gasteiger partial charge in [-0.25, -0.2) is 4.79 Å². The Hall–Kier alpha value is -2.04. The van der Waals surface area contributed by atoms with Gasteiger partial charge in [0, 0.05) is 26.1 Å². The molecule has 1 fully saturated rings. The number of nitrogens with zero attached hydrogens (tertiary/aromatic N) is 1. The van der Waals surface area contributed by atoms with Crippen molar-refractivity contribution in [1.29, 1.82) is 0 Å². The first-order valence-electron chi connectivity index (χ1n) is 8.30. The van der Waals surface area contributed by atoms with Gasteiger partial charge in [-0.15, -0.1) is 0 Å². The van der Waals surface area contributed by atoms with Gasteiger partial charge < -0.3 is 15.0 Å². The van der Waals surface area contributed by atoms with Crippen molar-refractivity contribution in [2.45, 2.75) is 32.1 Å². The van der Waals surface area contributed by atoms with E-state index in [9.17, 15) is 9.59 Å². The molecule has 5 heteroatoms. The molecule has 2 rings (SSSR count). The Morgan fingerprint density at radius 2 is 2.04 bits per heavy atom. The highest BCUT2D eigenvalue weighted by Crippen LogP contribution is 2.34. The molecule has 0 radical (unpaired) electrons. The Balaban J connectivity index is 1.88. The van der Waals surface area contributed by atoms with Crippen LogP contribution in [0.4, 0.5) is 4.79 Å². The minimum atomic E-state index is -0.493.